The fraction of sp³-hybridized carbons (Fsp3) is 0.667. The molecule has 0 amide bonds. The number of hydrogen-bond acceptors (Lipinski definition) is 5. The third-order valence-electron chi connectivity index (χ3n) is 5.33. The molecule has 0 bridgehead atoms. The summed E-state index contributed by atoms with van der Waals surface area (Å²) in [6.45, 7) is 13.8. The molecule has 8 heteroatoms. The fourth-order valence-electron chi connectivity index (χ4n) is 3.62. The van der Waals surface area contributed by atoms with E-state index in [1.54, 1.807) is 7.05 Å². The van der Waals surface area contributed by atoms with Gasteiger partial charge >= 0.3 is 0 Å². The summed E-state index contributed by atoms with van der Waals surface area (Å²) in [4.78, 5) is 9.44. The molecule has 1 unspecified atom stereocenters. The summed E-state index contributed by atoms with van der Waals surface area (Å²) in [6.07, 6.45) is 0.909. The number of aliphatic imine (C=N–C) groups is 1. The van der Waals surface area contributed by atoms with Crippen LogP contribution in [0.15, 0.2) is 23.2 Å². The lowest BCUT2D eigenvalue weighted by Gasteiger charge is -2.35. The minimum Gasteiger partial charge on any atom is -0.490 e. The molecule has 7 nitrogen and oxygen atoms in total. The number of guanidine groups is 1. The van der Waals surface area contributed by atoms with Crippen LogP contribution in [0.2, 0.25) is 0 Å². The lowest BCUT2D eigenvalue weighted by atomic mass is 10.1. The SMILES string of the molecule is CCN1CCN(CC(C)CNC(=NC)Nc2ccc3c(c2)OCCCO3)CC1.I. The molecule has 0 spiro atoms. The number of halogens is 1. The van der Waals surface area contributed by atoms with Gasteiger partial charge in [0.1, 0.15) is 0 Å². The predicted molar refractivity (Wildman–Crippen MR) is 130 cm³/mol. The highest BCUT2D eigenvalue weighted by Crippen LogP contribution is 2.32. The van der Waals surface area contributed by atoms with Crippen LogP contribution in [-0.4, -0.2) is 81.8 Å². The first kappa shape index (κ1) is 24.0. The number of benzene rings is 1. The Bertz CT molecular complexity index is 650. The van der Waals surface area contributed by atoms with E-state index in [2.05, 4.69) is 39.3 Å². The van der Waals surface area contributed by atoms with Gasteiger partial charge in [0.25, 0.3) is 0 Å². The van der Waals surface area contributed by atoms with Crippen molar-refractivity contribution in [1.82, 2.24) is 15.1 Å². The van der Waals surface area contributed by atoms with E-state index in [9.17, 15) is 0 Å². The third kappa shape index (κ3) is 7.49. The largest absolute Gasteiger partial charge is 0.490 e. The second-order valence-electron chi connectivity index (χ2n) is 7.63. The summed E-state index contributed by atoms with van der Waals surface area (Å²) < 4.78 is 11.5. The number of hydrogen-bond donors (Lipinski definition) is 2. The standard InChI is InChI=1S/C21H35N5O2.HI/c1-4-25-8-10-26(11-9-25)16-17(2)15-23-21(22-3)24-18-6-7-19-20(14-18)28-13-5-12-27-19;/h6-7,14,17H,4-5,8-13,15-16H2,1-3H3,(H2,22,23,24);1H. The number of ether oxygens (including phenoxy) is 2. The van der Waals surface area contributed by atoms with Crippen LogP contribution in [0.5, 0.6) is 11.5 Å². The van der Waals surface area contributed by atoms with Crippen LogP contribution in [-0.2, 0) is 0 Å². The molecule has 164 valence electrons. The minimum atomic E-state index is 0. The van der Waals surface area contributed by atoms with Crippen molar-refractivity contribution in [1.29, 1.82) is 0 Å². The smallest absolute Gasteiger partial charge is 0.195 e. The molecule has 0 aliphatic carbocycles. The molecule has 2 aliphatic heterocycles. The molecule has 1 aromatic rings. The van der Waals surface area contributed by atoms with Gasteiger partial charge in [-0.05, 0) is 24.6 Å². The highest BCUT2D eigenvalue weighted by Gasteiger charge is 2.17. The Kier molecular flexibility index (Phi) is 10.3. The molecule has 2 N–H and O–H groups in total. The van der Waals surface area contributed by atoms with E-state index in [1.165, 1.54) is 26.2 Å². The third-order valence-corrected chi connectivity index (χ3v) is 5.33. The predicted octanol–water partition coefficient (Wildman–Crippen LogP) is 2.73. The number of nitrogens with one attached hydrogen (secondary N) is 2. The topological polar surface area (TPSA) is 61.4 Å². The van der Waals surface area contributed by atoms with Gasteiger partial charge in [0.15, 0.2) is 17.5 Å². The number of likely N-dealkylation sites (N-methyl/N-ethyl adjacent to an activating group) is 1. The Labute approximate surface area is 192 Å². The van der Waals surface area contributed by atoms with Crippen LogP contribution >= 0.6 is 24.0 Å². The molecule has 0 saturated carbocycles. The highest BCUT2D eigenvalue weighted by molar-refractivity contribution is 14.0. The Morgan fingerprint density at radius 1 is 1.10 bits per heavy atom. The first-order chi connectivity index (χ1) is 13.7. The van der Waals surface area contributed by atoms with Crippen LogP contribution in [0.25, 0.3) is 0 Å². The molecule has 1 aromatic carbocycles. The summed E-state index contributed by atoms with van der Waals surface area (Å²) in [5.41, 5.74) is 0.945. The molecule has 1 atom stereocenters. The van der Waals surface area contributed by atoms with Crippen molar-refractivity contribution in [2.45, 2.75) is 20.3 Å². The zero-order valence-electron chi connectivity index (χ0n) is 17.9. The van der Waals surface area contributed by atoms with Crippen molar-refractivity contribution < 1.29 is 9.47 Å². The molecule has 2 heterocycles. The maximum atomic E-state index is 5.77. The highest BCUT2D eigenvalue weighted by atomic mass is 127. The molecule has 1 fully saturated rings. The van der Waals surface area contributed by atoms with E-state index >= 15 is 0 Å². The van der Waals surface area contributed by atoms with Gasteiger partial charge in [0, 0.05) is 64.5 Å². The molecule has 1 saturated heterocycles. The monoisotopic (exact) mass is 517 g/mol. The van der Waals surface area contributed by atoms with Crippen LogP contribution in [0.3, 0.4) is 0 Å². The first-order valence-electron chi connectivity index (χ1n) is 10.5. The maximum Gasteiger partial charge on any atom is 0.195 e. The fourth-order valence-corrected chi connectivity index (χ4v) is 3.62. The molecule has 0 aromatic heterocycles. The number of piperazine rings is 1. The summed E-state index contributed by atoms with van der Waals surface area (Å²) in [6, 6.07) is 5.93. The average molecular weight is 517 g/mol. The van der Waals surface area contributed by atoms with Gasteiger partial charge in [-0.2, -0.15) is 0 Å². The van der Waals surface area contributed by atoms with Crippen LogP contribution in [0.1, 0.15) is 20.3 Å². The van der Waals surface area contributed by atoms with Gasteiger partial charge in [0.2, 0.25) is 0 Å². The second-order valence-corrected chi connectivity index (χ2v) is 7.63. The molecule has 29 heavy (non-hydrogen) atoms. The lowest BCUT2D eigenvalue weighted by Crippen LogP contribution is -2.48. The van der Waals surface area contributed by atoms with Gasteiger partial charge in [-0.25, -0.2) is 0 Å². The van der Waals surface area contributed by atoms with Crippen molar-refractivity contribution in [3.05, 3.63) is 18.2 Å². The van der Waals surface area contributed by atoms with E-state index < -0.39 is 0 Å². The van der Waals surface area contributed by atoms with Crippen LogP contribution in [0.4, 0.5) is 5.69 Å². The van der Waals surface area contributed by atoms with E-state index in [0.29, 0.717) is 19.1 Å². The number of fused-ring (bicyclic) bond motifs is 1. The van der Waals surface area contributed by atoms with Gasteiger partial charge < -0.3 is 29.9 Å². The molecular weight excluding hydrogens is 481 g/mol. The van der Waals surface area contributed by atoms with Crippen molar-refractivity contribution in [3.63, 3.8) is 0 Å². The van der Waals surface area contributed by atoms with E-state index in [-0.39, 0.29) is 24.0 Å². The van der Waals surface area contributed by atoms with Gasteiger partial charge in [0.05, 0.1) is 13.2 Å². The lowest BCUT2D eigenvalue weighted by molar-refractivity contribution is 0.124. The number of anilines is 1. The molecule has 3 rings (SSSR count). The minimum absolute atomic E-state index is 0. The summed E-state index contributed by atoms with van der Waals surface area (Å²) in [7, 11) is 1.80. The van der Waals surface area contributed by atoms with Gasteiger partial charge in [-0.15, -0.1) is 24.0 Å². The average Bonchev–Trinajstić information content (AvgIpc) is 2.96. The molecule has 0 radical (unpaired) electrons. The van der Waals surface area contributed by atoms with E-state index in [1.807, 2.05) is 18.2 Å². The second kappa shape index (κ2) is 12.4. The van der Waals surface area contributed by atoms with Gasteiger partial charge in [-0.3, -0.25) is 4.99 Å². The maximum absolute atomic E-state index is 5.77. The Balaban J connectivity index is 0.00000300. The van der Waals surface area contributed by atoms with E-state index in [0.717, 1.165) is 49.2 Å². The van der Waals surface area contributed by atoms with Crippen molar-refractivity contribution in [2.75, 3.05) is 71.4 Å². The zero-order chi connectivity index (χ0) is 19.8. The Morgan fingerprint density at radius 3 is 2.48 bits per heavy atom. The normalized spacial score (nSPS) is 19.1. The van der Waals surface area contributed by atoms with Crippen LogP contribution in [0, 0.1) is 5.92 Å². The molecule has 2 aliphatic rings. The number of nitrogens with zero attached hydrogens (tertiary/aromatic N) is 3. The van der Waals surface area contributed by atoms with Gasteiger partial charge in [-0.1, -0.05) is 13.8 Å². The van der Waals surface area contributed by atoms with Crippen molar-refractivity contribution in [3.8, 4) is 11.5 Å². The van der Waals surface area contributed by atoms with Crippen molar-refractivity contribution in [2.24, 2.45) is 10.9 Å². The summed E-state index contributed by atoms with van der Waals surface area (Å²) in [5.74, 6) is 2.92. The first-order valence-corrected chi connectivity index (χ1v) is 10.5. The Hall–Kier alpha value is -1.26. The number of rotatable bonds is 6. The van der Waals surface area contributed by atoms with Crippen LogP contribution < -0.4 is 20.1 Å². The quantitative estimate of drug-likeness (QED) is 0.344. The Morgan fingerprint density at radius 2 is 1.79 bits per heavy atom. The molecular formula is C21H36IN5O2. The summed E-state index contributed by atoms with van der Waals surface area (Å²) >= 11 is 0. The summed E-state index contributed by atoms with van der Waals surface area (Å²) in [5, 5.41) is 6.80. The van der Waals surface area contributed by atoms with Crippen molar-refractivity contribution >= 4 is 35.6 Å². The van der Waals surface area contributed by atoms with E-state index in [4.69, 9.17) is 9.47 Å². The zero-order valence-corrected chi connectivity index (χ0v) is 20.3.